The van der Waals surface area contributed by atoms with E-state index in [0.29, 0.717) is 5.75 Å². The predicted octanol–water partition coefficient (Wildman–Crippen LogP) is 2.89. The maximum Gasteiger partial charge on any atom is 0.232 e. The van der Waals surface area contributed by atoms with E-state index in [1.54, 1.807) is 11.8 Å². The number of amides is 1. The van der Waals surface area contributed by atoms with E-state index in [4.69, 9.17) is 5.73 Å². The molecular weight excluding hydrogens is 312 g/mol. The molecule has 0 atom stereocenters. The third-order valence-electron chi connectivity index (χ3n) is 2.93. The van der Waals surface area contributed by atoms with Crippen LogP contribution in [0, 0.1) is 0 Å². The summed E-state index contributed by atoms with van der Waals surface area (Å²) in [5.41, 5.74) is 7.69. The molecule has 1 amide bonds. The molecule has 1 heterocycles. The lowest BCUT2D eigenvalue weighted by Gasteiger charge is -2.14. The van der Waals surface area contributed by atoms with Crippen LogP contribution in [0.15, 0.2) is 22.7 Å². The first-order valence-corrected chi connectivity index (χ1v) is 8.00. The van der Waals surface area contributed by atoms with E-state index in [-0.39, 0.29) is 5.91 Å². The maximum atomic E-state index is 11.8. The molecule has 18 heavy (non-hydrogen) atoms. The Balaban J connectivity index is 1.79. The first-order chi connectivity index (χ1) is 8.65. The first kappa shape index (κ1) is 13.7. The molecule has 98 valence electrons. The van der Waals surface area contributed by atoms with Gasteiger partial charge in [0.2, 0.25) is 5.91 Å². The van der Waals surface area contributed by atoms with Crippen molar-refractivity contribution in [3.63, 3.8) is 0 Å². The smallest absolute Gasteiger partial charge is 0.232 e. The quantitative estimate of drug-likeness (QED) is 0.864. The van der Waals surface area contributed by atoms with Crippen molar-refractivity contribution in [2.24, 2.45) is 0 Å². The van der Waals surface area contributed by atoms with E-state index in [1.165, 1.54) is 0 Å². The zero-order valence-electron chi connectivity index (χ0n) is 10.2. The fourth-order valence-corrected chi connectivity index (χ4v) is 3.49. The Labute approximate surface area is 120 Å². The summed E-state index contributed by atoms with van der Waals surface area (Å²) in [5, 5.41) is 0. The van der Waals surface area contributed by atoms with Crippen molar-refractivity contribution in [2.45, 2.75) is 18.6 Å². The summed E-state index contributed by atoms with van der Waals surface area (Å²) in [6, 6.07) is 5.88. The van der Waals surface area contributed by atoms with Gasteiger partial charge in [-0.3, -0.25) is 4.79 Å². The van der Waals surface area contributed by atoms with Crippen LogP contribution in [0.25, 0.3) is 0 Å². The monoisotopic (exact) mass is 328 g/mol. The lowest BCUT2D eigenvalue weighted by molar-refractivity contribution is -0.127. The fraction of sp³-hybridized carbons (Fsp3) is 0.462. The van der Waals surface area contributed by atoms with E-state index < -0.39 is 0 Å². The van der Waals surface area contributed by atoms with Crippen molar-refractivity contribution in [2.75, 3.05) is 24.6 Å². The average molecular weight is 329 g/mol. The van der Waals surface area contributed by atoms with Crippen molar-refractivity contribution >= 4 is 39.3 Å². The summed E-state index contributed by atoms with van der Waals surface area (Å²) in [4.78, 5) is 13.8. The van der Waals surface area contributed by atoms with E-state index in [9.17, 15) is 4.79 Å². The van der Waals surface area contributed by atoms with Crippen LogP contribution in [0.1, 0.15) is 18.4 Å². The molecule has 2 rings (SSSR count). The number of rotatable bonds is 4. The molecule has 1 aromatic carbocycles. The average Bonchev–Trinajstić information content (AvgIpc) is 2.80. The summed E-state index contributed by atoms with van der Waals surface area (Å²) >= 11 is 5.07. The molecule has 1 aromatic rings. The summed E-state index contributed by atoms with van der Waals surface area (Å²) in [6.45, 7) is 1.87. The van der Waals surface area contributed by atoms with E-state index in [1.807, 2.05) is 23.1 Å². The van der Waals surface area contributed by atoms with E-state index in [2.05, 4.69) is 15.9 Å². The Morgan fingerprint density at radius 1 is 1.33 bits per heavy atom. The fourth-order valence-electron chi connectivity index (χ4n) is 2.07. The molecule has 1 aliphatic rings. The van der Waals surface area contributed by atoms with Crippen LogP contribution in [0.2, 0.25) is 0 Å². The van der Waals surface area contributed by atoms with Crippen molar-refractivity contribution in [1.29, 1.82) is 0 Å². The number of likely N-dealkylation sites (tertiary alicyclic amines) is 1. The Morgan fingerprint density at radius 3 is 2.72 bits per heavy atom. The van der Waals surface area contributed by atoms with Gasteiger partial charge in [-0.05, 0) is 36.6 Å². The molecule has 0 unspecified atom stereocenters. The molecule has 1 fully saturated rings. The highest BCUT2D eigenvalue weighted by Crippen LogP contribution is 2.21. The number of hydrogen-bond acceptors (Lipinski definition) is 3. The van der Waals surface area contributed by atoms with Gasteiger partial charge in [-0.2, -0.15) is 0 Å². The second kappa shape index (κ2) is 6.48. The molecule has 5 heteroatoms. The van der Waals surface area contributed by atoms with Crippen LogP contribution in [-0.2, 0) is 10.5 Å². The summed E-state index contributed by atoms with van der Waals surface area (Å²) in [6.07, 6.45) is 2.30. The molecule has 0 aromatic heterocycles. The molecule has 0 saturated carbocycles. The number of hydrogen-bond donors (Lipinski definition) is 1. The molecule has 3 nitrogen and oxygen atoms in total. The number of nitrogens with zero attached hydrogens (tertiary/aromatic N) is 1. The van der Waals surface area contributed by atoms with Gasteiger partial charge in [-0.1, -0.05) is 15.9 Å². The van der Waals surface area contributed by atoms with Gasteiger partial charge in [0.05, 0.1) is 5.75 Å². The highest BCUT2D eigenvalue weighted by Gasteiger charge is 2.17. The number of carbonyl (C=O) groups excluding carboxylic acids is 1. The number of carbonyl (C=O) groups is 1. The maximum absolute atomic E-state index is 11.8. The van der Waals surface area contributed by atoms with Gasteiger partial charge in [0.1, 0.15) is 0 Å². The minimum Gasteiger partial charge on any atom is -0.399 e. The Morgan fingerprint density at radius 2 is 2.06 bits per heavy atom. The normalized spacial score (nSPS) is 15.1. The zero-order valence-corrected chi connectivity index (χ0v) is 12.6. The number of benzene rings is 1. The largest absolute Gasteiger partial charge is 0.399 e. The van der Waals surface area contributed by atoms with Gasteiger partial charge in [-0.15, -0.1) is 11.8 Å². The highest BCUT2D eigenvalue weighted by molar-refractivity contribution is 9.10. The lowest BCUT2D eigenvalue weighted by atomic mass is 10.2. The van der Waals surface area contributed by atoms with Crippen LogP contribution < -0.4 is 5.73 Å². The van der Waals surface area contributed by atoms with E-state index in [0.717, 1.165) is 47.4 Å². The minimum absolute atomic E-state index is 0.264. The predicted molar refractivity (Wildman–Crippen MR) is 80.5 cm³/mol. The van der Waals surface area contributed by atoms with Crippen molar-refractivity contribution < 1.29 is 4.79 Å². The molecule has 0 aliphatic carbocycles. The zero-order chi connectivity index (χ0) is 13.0. The molecule has 0 bridgehead atoms. The number of anilines is 1. The Bertz CT molecular complexity index is 413. The molecule has 1 aliphatic heterocycles. The Hall–Kier alpha value is -0.680. The number of nitrogens with two attached hydrogens (primary N) is 1. The molecule has 2 N–H and O–H groups in total. The second-order valence-electron chi connectivity index (χ2n) is 4.47. The van der Waals surface area contributed by atoms with Gasteiger partial charge in [-0.25, -0.2) is 0 Å². The molecular formula is C13H17BrN2OS. The number of thioether (sulfide) groups is 1. The van der Waals surface area contributed by atoms with Crippen molar-refractivity contribution in [3.05, 3.63) is 28.2 Å². The van der Waals surface area contributed by atoms with Crippen molar-refractivity contribution in [1.82, 2.24) is 4.90 Å². The standard InChI is InChI=1S/C13H17BrN2OS/c14-11-5-10(6-12(15)7-11)8-18-9-13(17)16-3-1-2-4-16/h5-7H,1-4,8-9,15H2. The SMILES string of the molecule is Nc1cc(Br)cc(CSCC(=O)N2CCCC2)c1. The second-order valence-corrected chi connectivity index (χ2v) is 6.37. The van der Waals surface area contributed by atoms with E-state index >= 15 is 0 Å². The van der Waals surface area contributed by atoms with Crippen molar-refractivity contribution in [3.8, 4) is 0 Å². The summed E-state index contributed by atoms with van der Waals surface area (Å²) < 4.78 is 0.990. The highest BCUT2D eigenvalue weighted by atomic mass is 79.9. The summed E-state index contributed by atoms with van der Waals surface area (Å²) in [7, 11) is 0. The first-order valence-electron chi connectivity index (χ1n) is 6.05. The van der Waals surface area contributed by atoms with Gasteiger partial charge in [0.25, 0.3) is 0 Å². The number of halogens is 1. The molecule has 0 spiro atoms. The van der Waals surface area contributed by atoms with Crippen LogP contribution in [0.3, 0.4) is 0 Å². The topological polar surface area (TPSA) is 46.3 Å². The molecule has 1 saturated heterocycles. The van der Waals surface area contributed by atoms with Gasteiger partial charge >= 0.3 is 0 Å². The minimum atomic E-state index is 0.264. The van der Waals surface area contributed by atoms with Gasteiger partial charge in [0, 0.05) is 29.0 Å². The van der Waals surface area contributed by atoms with Crippen LogP contribution in [0.5, 0.6) is 0 Å². The van der Waals surface area contributed by atoms with Crippen LogP contribution in [-0.4, -0.2) is 29.6 Å². The van der Waals surface area contributed by atoms with Crippen LogP contribution in [0.4, 0.5) is 5.69 Å². The van der Waals surface area contributed by atoms with Crippen LogP contribution >= 0.6 is 27.7 Å². The lowest BCUT2D eigenvalue weighted by Crippen LogP contribution is -2.29. The summed E-state index contributed by atoms with van der Waals surface area (Å²) in [5.74, 6) is 1.65. The third kappa shape index (κ3) is 3.92. The number of nitrogen functional groups attached to an aromatic ring is 1. The van der Waals surface area contributed by atoms with Gasteiger partial charge < -0.3 is 10.6 Å². The Kier molecular flexibility index (Phi) is 4.95. The third-order valence-corrected chi connectivity index (χ3v) is 4.38. The molecule has 0 radical (unpaired) electrons. The van der Waals surface area contributed by atoms with Gasteiger partial charge in [0.15, 0.2) is 0 Å².